The maximum atomic E-state index is 11.7. The predicted molar refractivity (Wildman–Crippen MR) is 73.7 cm³/mol. The number of carbonyl (C=O) groups is 1. The van der Waals surface area contributed by atoms with Crippen LogP contribution in [0.1, 0.15) is 19.4 Å². The molecule has 1 aromatic carbocycles. The van der Waals surface area contributed by atoms with Crippen molar-refractivity contribution in [3.8, 4) is 0 Å². The van der Waals surface area contributed by atoms with Crippen LogP contribution in [-0.4, -0.2) is 18.0 Å². The van der Waals surface area contributed by atoms with E-state index in [0.29, 0.717) is 11.6 Å². The third-order valence-electron chi connectivity index (χ3n) is 2.30. The quantitative estimate of drug-likeness (QED) is 0.886. The summed E-state index contributed by atoms with van der Waals surface area (Å²) in [6.45, 7) is 4.18. The van der Waals surface area contributed by atoms with E-state index >= 15 is 0 Å². The molecule has 96 valence electrons. The molecule has 0 radical (unpaired) electrons. The van der Waals surface area contributed by atoms with Crippen LogP contribution in [0.15, 0.2) is 24.3 Å². The lowest BCUT2D eigenvalue weighted by molar-refractivity contribution is -0.121. The van der Waals surface area contributed by atoms with Gasteiger partial charge in [-0.25, -0.2) is 0 Å². The van der Waals surface area contributed by atoms with Crippen LogP contribution in [0.2, 0.25) is 5.02 Å². The summed E-state index contributed by atoms with van der Waals surface area (Å²) in [6.07, 6.45) is 0.281. The zero-order valence-electron chi connectivity index (χ0n) is 10.00. The van der Waals surface area contributed by atoms with Crippen molar-refractivity contribution in [2.75, 3.05) is 6.54 Å². The molecule has 0 saturated heterocycles. The normalized spacial score (nSPS) is 10.6. The van der Waals surface area contributed by atoms with Crippen LogP contribution >= 0.6 is 24.0 Å². The minimum absolute atomic E-state index is 0. The van der Waals surface area contributed by atoms with E-state index in [1.807, 2.05) is 32.0 Å². The zero-order chi connectivity index (χ0) is 12.2. The molecule has 3 nitrogen and oxygen atoms in total. The fraction of sp³-hybridized carbons (Fsp3) is 0.417. The molecule has 0 fully saturated rings. The van der Waals surface area contributed by atoms with E-state index in [1.54, 1.807) is 6.07 Å². The van der Waals surface area contributed by atoms with Crippen LogP contribution < -0.4 is 11.1 Å². The lowest BCUT2D eigenvalue weighted by Gasteiger charge is -2.24. The number of hydrogen-bond donors (Lipinski definition) is 2. The van der Waals surface area contributed by atoms with Gasteiger partial charge in [0.25, 0.3) is 0 Å². The Bertz CT molecular complexity index is 381. The molecule has 1 aromatic rings. The van der Waals surface area contributed by atoms with Gasteiger partial charge in [0, 0.05) is 17.1 Å². The second kappa shape index (κ2) is 6.84. The van der Waals surface area contributed by atoms with Crippen LogP contribution in [0.3, 0.4) is 0 Å². The second-order valence-electron chi connectivity index (χ2n) is 4.40. The largest absolute Gasteiger partial charge is 0.350 e. The lowest BCUT2D eigenvalue weighted by Crippen LogP contribution is -2.49. The Morgan fingerprint density at radius 1 is 1.41 bits per heavy atom. The summed E-state index contributed by atoms with van der Waals surface area (Å²) in [5.74, 6) is -0.0662. The maximum absolute atomic E-state index is 11.7. The standard InChI is InChI=1S/C12H17ClN2O.ClH/c1-12(2,8-14)15-11(16)7-9-5-3-4-6-10(9)13;/h3-6H,7-8,14H2,1-2H3,(H,15,16);1H. The highest BCUT2D eigenvalue weighted by Gasteiger charge is 2.18. The molecular formula is C12H18Cl2N2O. The average molecular weight is 277 g/mol. The molecule has 0 unspecified atom stereocenters. The number of amides is 1. The van der Waals surface area contributed by atoms with Crippen LogP contribution in [0.25, 0.3) is 0 Å². The van der Waals surface area contributed by atoms with Gasteiger partial charge < -0.3 is 11.1 Å². The van der Waals surface area contributed by atoms with Crippen molar-refractivity contribution in [3.05, 3.63) is 34.9 Å². The van der Waals surface area contributed by atoms with Crippen LogP contribution in [0.5, 0.6) is 0 Å². The first-order valence-corrected chi connectivity index (χ1v) is 5.57. The van der Waals surface area contributed by atoms with E-state index in [9.17, 15) is 4.79 Å². The van der Waals surface area contributed by atoms with Gasteiger partial charge in [0.05, 0.1) is 6.42 Å². The number of carbonyl (C=O) groups excluding carboxylic acids is 1. The predicted octanol–water partition coefficient (Wildman–Crippen LogP) is 2.16. The Labute approximate surface area is 113 Å². The van der Waals surface area contributed by atoms with Gasteiger partial charge in [0.15, 0.2) is 0 Å². The maximum Gasteiger partial charge on any atom is 0.224 e. The number of nitrogens with two attached hydrogens (primary N) is 1. The molecule has 0 aliphatic heterocycles. The summed E-state index contributed by atoms with van der Waals surface area (Å²) < 4.78 is 0. The fourth-order valence-electron chi connectivity index (χ4n) is 1.29. The second-order valence-corrected chi connectivity index (χ2v) is 4.81. The topological polar surface area (TPSA) is 55.1 Å². The number of nitrogens with one attached hydrogen (secondary N) is 1. The highest BCUT2D eigenvalue weighted by Crippen LogP contribution is 2.15. The molecule has 0 aromatic heterocycles. The first-order valence-electron chi connectivity index (χ1n) is 5.19. The molecule has 0 heterocycles. The molecule has 0 aliphatic carbocycles. The Kier molecular flexibility index (Phi) is 6.53. The SMILES string of the molecule is CC(C)(CN)NC(=O)Cc1ccccc1Cl.Cl. The molecule has 5 heteroatoms. The zero-order valence-corrected chi connectivity index (χ0v) is 11.6. The first-order chi connectivity index (χ1) is 7.44. The van der Waals surface area contributed by atoms with Gasteiger partial charge in [-0.1, -0.05) is 29.8 Å². The highest BCUT2D eigenvalue weighted by atomic mass is 35.5. The molecule has 1 rings (SSSR count). The van der Waals surface area contributed by atoms with Gasteiger partial charge in [0.2, 0.25) is 5.91 Å². The summed E-state index contributed by atoms with van der Waals surface area (Å²) in [6, 6.07) is 7.33. The molecule has 1 amide bonds. The van der Waals surface area contributed by atoms with Crippen molar-refractivity contribution >= 4 is 29.9 Å². The van der Waals surface area contributed by atoms with E-state index in [0.717, 1.165) is 5.56 Å². The third kappa shape index (κ3) is 5.39. The van der Waals surface area contributed by atoms with Crippen molar-refractivity contribution < 1.29 is 4.79 Å². The van der Waals surface area contributed by atoms with Crippen LogP contribution in [-0.2, 0) is 11.2 Å². The smallest absolute Gasteiger partial charge is 0.224 e. The Hall–Kier alpha value is -0.770. The number of halogens is 2. The van der Waals surface area contributed by atoms with Crippen molar-refractivity contribution in [3.63, 3.8) is 0 Å². The van der Waals surface area contributed by atoms with E-state index in [1.165, 1.54) is 0 Å². The third-order valence-corrected chi connectivity index (χ3v) is 2.67. The highest BCUT2D eigenvalue weighted by molar-refractivity contribution is 6.31. The average Bonchev–Trinajstić information content (AvgIpc) is 2.21. The van der Waals surface area contributed by atoms with Crippen molar-refractivity contribution in [1.82, 2.24) is 5.32 Å². The fourth-order valence-corrected chi connectivity index (χ4v) is 1.49. The van der Waals surface area contributed by atoms with Gasteiger partial charge in [-0.2, -0.15) is 0 Å². The van der Waals surface area contributed by atoms with Gasteiger partial charge in [-0.05, 0) is 25.5 Å². The van der Waals surface area contributed by atoms with Crippen LogP contribution in [0.4, 0.5) is 0 Å². The van der Waals surface area contributed by atoms with Gasteiger partial charge in [-0.15, -0.1) is 12.4 Å². The number of rotatable bonds is 4. The van der Waals surface area contributed by atoms with Crippen molar-refractivity contribution in [2.24, 2.45) is 5.73 Å². The summed E-state index contributed by atoms with van der Waals surface area (Å²) in [5, 5.41) is 3.47. The number of benzene rings is 1. The summed E-state index contributed by atoms with van der Waals surface area (Å²) >= 11 is 5.97. The Morgan fingerprint density at radius 2 is 2.00 bits per heavy atom. The molecule has 17 heavy (non-hydrogen) atoms. The lowest BCUT2D eigenvalue weighted by atomic mass is 10.1. The molecule has 0 saturated carbocycles. The van der Waals surface area contributed by atoms with Crippen molar-refractivity contribution in [2.45, 2.75) is 25.8 Å². The van der Waals surface area contributed by atoms with Gasteiger partial charge in [-0.3, -0.25) is 4.79 Å². The van der Waals surface area contributed by atoms with E-state index in [4.69, 9.17) is 17.3 Å². The Balaban J connectivity index is 0.00000256. The van der Waals surface area contributed by atoms with E-state index in [2.05, 4.69) is 5.32 Å². The molecule has 0 aliphatic rings. The molecule has 0 spiro atoms. The van der Waals surface area contributed by atoms with E-state index in [-0.39, 0.29) is 30.3 Å². The number of hydrogen-bond acceptors (Lipinski definition) is 2. The molecule has 0 bridgehead atoms. The summed E-state index contributed by atoms with van der Waals surface area (Å²) in [7, 11) is 0. The summed E-state index contributed by atoms with van der Waals surface area (Å²) in [4.78, 5) is 11.7. The molecule has 0 atom stereocenters. The minimum Gasteiger partial charge on any atom is -0.350 e. The molecular weight excluding hydrogens is 259 g/mol. The van der Waals surface area contributed by atoms with E-state index < -0.39 is 0 Å². The molecule has 3 N–H and O–H groups in total. The van der Waals surface area contributed by atoms with Crippen molar-refractivity contribution in [1.29, 1.82) is 0 Å². The van der Waals surface area contributed by atoms with Gasteiger partial charge >= 0.3 is 0 Å². The van der Waals surface area contributed by atoms with Gasteiger partial charge in [0.1, 0.15) is 0 Å². The van der Waals surface area contributed by atoms with Crippen LogP contribution in [0, 0.1) is 0 Å². The Morgan fingerprint density at radius 3 is 2.53 bits per heavy atom. The summed E-state index contributed by atoms with van der Waals surface area (Å²) in [5.41, 5.74) is 5.99. The first kappa shape index (κ1) is 16.2. The monoisotopic (exact) mass is 276 g/mol. The minimum atomic E-state index is -0.377.